The predicted molar refractivity (Wildman–Crippen MR) is 108 cm³/mol. The van der Waals surface area contributed by atoms with Gasteiger partial charge >= 0.3 is 0 Å². The molecule has 0 heterocycles. The van der Waals surface area contributed by atoms with Crippen molar-refractivity contribution in [2.24, 2.45) is 5.92 Å². The van der Waals surface area contributed by atoms with Crippen molar-refractivity contribution in [2.45, 2.75) is 23.5 Å². The third-order valence-electron chi connectivity index (χ3n) is 4.05. The summed E-state index contributed by atoms with van der Waals surface area (Å²) in [6.45, 7) is 5.76. The zero-order valence-electron chi connectivity index (χ0n) is 15.1. The average Bonchev–Trinajstić information content (AvgIpc) is 2.66. The van der Waals surface area contributed by atoms with Crippen LogP contribution in [0.25, 0.3) is 0 Å². The third-order valence-corrected chi connectivity index (χ3v) is 5.32. The Kier molecular flexibility index (Phi) is 7.28. The Hall–Kier alpha value is -3.20. The number of rotatable bonds is 9. The number of non-ortho nitro benzene ring substituents is 1. The number of amides is 1. The number of hydrogen-bond donors (Lipinski definition) is 1. The normalized spacial score (nSPS) is 12.6. The number of hydrogen-bond acceptors (Lipinski definition) is 6. The summed E-state index contributed by atoms with van der Waals surface area (Å²) < 4.78 is 0. The lowest BCUT2D eigenvalue weighted by Crippen LogP contribution is -2.21. The van der Waals surface area contributed by atoms with Crippen molar-refractivity contribution in [1.29, 1.82) is 0 Å². The molecule has 0 aliphatic rings. The molecule has 0 aliphatic heterocycles. The first-order valence-corrected chi connectivity index (χ1v) is 9.26. The second-order valence-corrected chi connectivity index (χ2v) is 7.45. The van der Waals surface area contributed by atoms with Gasteiger partial charge in [-0.25, -0.2) is 0 Å². The minimum absolute atomic E-state index is 0.0532. The van der Waals surface area contributed by atoms with Gasteiger partial charge in [0.05, 0.1) is 15.9 Å². The maximum Gasteiger partial charge on any atom is 0.299 e. The predicted octanol–water partition coefficient (Wildman–Crippen LogP) is 4.81. The molecule has 0 radical (unpaired) electrons. The summed E-state index contributed by atoms with van der Waals surface area (Å²) in [6, 6.07) is 12.8. The molecule has 0 saturated carbocycles. The summed E-state index contributed by atoms with van der Waals surface area (Å²) in [5, 5.41) is 24.5. The lowest BCUT2D eigenvalue weighted by Gasteiger charge is -2.20. The van der Waals surface area contributed by atoms with Gasteiger partial charge in [-0.15, -0.1) is 18.3 Å². The van der Waals surface area contributed by atoms with Crippen molar-refractivity contribution in [1.82, 2.24) is 0 Å². The fraction of sp³-hybridized carbons (Fsp3) is 0.211. The van der Waals surface area contributed by atoms with Crippen molar-refractivity contribution >= 4 is 34.7 Å². The lowest BCUT2D eigenvalue weighted by molar-refractivity contribution is -0.393. The van der Waals surface area contributed by atoms with E-state index in [2.05, 4.69) is 11.9 Å². The standard InChI is InChI=1S/C19H19N3O5S/c1-3-14(13(2)28-16-7-5-4-6-8-16)11-19(23)20-17-10-9-15(21(24)25)12-18(17)22(26)27/h3-10,12-14H,1,11H2,2H3,(H,20,23)/t13-,14-/m0/s1. The van der Waals surface area contributed by atoms with Crippen LogP contribution in [0, 0.1) is 26.1 Å². The molecule has 1 N–H and O–H groups in total. The highest BCUT2D eigenvalue weighted by molar-refractivity contribution is 8.00. The maximum atomic E-state index is 12.4. The highest BCUT2D eigenvalue weighted by Crippen LogP contribution is 2.32. The second kappa shape index (κ2) is 9.65. The van der Waals surface area contributed by atoms with E-state index >= 15 is 0 Å². The molecular weight excluding hydrogens is 382 g/mol. The Bertz CT molecular complexity index is 888. The van der Waals surface area contributed by atoms with Crippen LogP contribution in [0.5, 0.6) is 0 Å². The average molecular weight is 401 g/mol. The van der Waals surface area contributed by atoms with E-state index < -0.39 is 27.1 Å². The van der Waals surface area contributed by atoms with Crippen molar-refractivity contribution in [2.75, 3.05) is 5.32 Å². The molecule has 146 valence electrons. The first-order chi connectivity index (χ1) is 13.3. The highest BCUT2D eigenvalue weighted by Gasteiger charge is 2.23. The molecule has 0 aromatic heterocycles. The van der Waals surface area contributed by atoms with E-state index in [1.54, 1.807) is 17.8 Å². The lowest BCUT2D eigenvalue weighted by atomic mass is 10.0. The largest absolute Gasteiger partial charge is 0.320 e. The van der Waals surface area contributed by atoms with Crippen LogP contribution in [0.1, 0.15) is 13.3 Å². The number of thioether (sulfide) groups is 1. The smallest absolute Gasteiger partial charge is 0.299 e. The van der Waals surface area contributed by atoms with Crippen LogP contribution in [-0.4, -0.2) is 21.0 Å². The molecule has 0 saturated heterocycles. The van der Waals surface area contributed by atoms with Gasteiger partial charge in [-0.05, 0) is 24.1 Å². The molecule has 0 aliphatic carbocycles. The van der Waals surface area contributed by atoms with E-state index in [1.165, 1.54) is 6.07 Å². The molecule has 2 aromatic rings. The van der Waals surface area contributed by atoms with E-state index in [0.29, 0.717) is 0 Å². The molecule has 2 aromatic carbocycles. The summed E-state index contributed by atoms with van der Waals surface area (Å²) in [7, 11) is 0. The van der Waals surface area contributed by atoms with Gasteiger partial charge in [0.15, 0.2) is 0 Å². The number of carbonyl (C=O) groups excluding carboxylic acids is 1. The molecular formula is C19H19N3O5S. The van der Waals surface area contributed by atoms with Crippen LogP contribution >= 0.6 is 11.8 Å². The Labute approximate surface area is 165 Å². The van der Waals surface area contributed by atoms with E-state index in [0.717, 1.165) is 17.0 Å². The van der Waals surface area contributed by atoms with Crippen LogP contribution in [0.3, 0.4) is 0 Å². The highest BCUT2D eigenvalue weighted by atomic mass is 32.2. The first-order valence-electron chi connectivity index (χ1n) is 8.38. The van der Waals surface area contributed by atoms with E-state index in [1.807, 2.05) is 37.3 Å². The number of nitrogens with zero attached hydrogens (tertiary/aromatic N) is 2. The van der Waals surface area contributed by atoms with E-state index in [9.17, 15) is 25.0 Å². The molecule has 2 atom stereocenters. The van der Waals surface area contributed by atoms with Gasteiger partial charge in [-0.3, -0.25) is 25.0 Å². The molecule has 1 amide bonds. The minimum atomic E-state index is -0.762. The quantitative estimate of drug-likeness (QED) is 0.279. The zero-order chi connectivity index (χ0) is 20.7. The summed E-state index contributed by atoms with van der Waals surface area (Å²) in [5.74, 6) is -0.593. The zero-order valence-corrected chi connectivity index (χ0v) is 15.9. The van der Waals surface area contributed by atoms with Gasteiger partial charge in [0.25, 0.3) is 11.4 Å². The number of nitrogens with one attached hydrogen (secondary N) is 1. The Balaban J connectivity index is 2.08. The number of carbonyl (C=O) groups is 1. The van der Waals surface area contributed by atoms with Gasteiger partial charge in [0, 0.05) is 22.6 Å². The van der Waals surface area contributed by atoms with Crippen molar-refractivity contribution < 1.29 is 14.6 Å². The molecule has 9 heteroatoms. The summed E-state index contributed by atoms with van der Waals surface area (Å²) in [5.41, 5.74) is -1.02. The molecule has 28 heavy (non-hydrogen) atoms. The Morgan fingerprint density at radius 2 is 1.86 bits per heavy atom. The maximum absolute atomic E-state index is 12.4. The fourth-order valence-electron chi connectivity index (χ4n) is 2.55. The minimum Gasteiger partial charge on any atom is -0.320 e. The molecule has 0 bridgehead atoms. The van der Waals surface area contributed by atoms with Crippen molar-refractivity contribution in [3.63, 3.8) is 0 Å². The van der Waals surface area contributed by atoms with Crippen molar-refractivity contribution in [3.05, 3.63) is 81.4 Å². The Morgan fingerprint density at radius 3 is 2.43 bits per heavy atom. The number of benzene rings is 2. The molecule has 0 fully saturated rings. The van der Waals surface area contributed by atoms with Crippen LogP contribution in [0.2, 0.25) is 0 Å². The second-order valence-electron chi connectivity index (χ2n) is 6.00. The van der Waals surface area contributed by atoms with Crippen LogP contribution in [-0.2, 0) is 4.79 Å². The number of anilines is 1. The topological polar surface area (TPSA) is 115 Å². The summed E-state index contributed by atoms with van der Waals surface area (Å²) >= 11 is 1.60. The van der Waals surface area contributed by atoms with E-state index in [-0.39, 0.29) is 23.3 Å². The summed E-state index contributed by atoms with van der Waals surface area (Å²) in [4.78, 5) is 34.0. The third kappa shape index (κ3) is 5.65. The first kappa shape index (κ1) is 21.1. The van der Waals surface area contributed by atoms with Gasteiger partial charge in [-0.2, -0.15) is 0 Å². The van der Waals surface area contributed by atoms with Crippen LogP contribution in [0.15, 0.2) is 66.1 Å². The molecule has 0 unspecified atom stereocenters. The van der Waals surface area contributed by atoms with Gasteiger partial charge in [0.2, 0.25) is 5.91 Å². The molecule has 8 nitrogen and oxygen atoms in total. The van der Waals surface area contributed by atoms with Gasteiger partial charge in [0.1, 0.15) is 5.69 Å². The fourth-order valence-corrected chi connectivity index (χ4v) is 3.67. The van der Waals surface area contributed by atoms with Crippen LogP contribution in [0.4, 0.5) is 17.1 Å². The number of allylic oxidation sites excluding steroid dienone is 1. The number of nitro benzene ring substituents is 2. The van der Waals surface area contributed by atoms with Gasteiger partial charge in [-0.1, -0.05) is 31.2 Å². The Morgan fingerprint density at radius 1 is 1.18 bits per heavy atom. The van der Waals surface area contributed by atoms with Gasteiger partial charge < -0.3 is 5.32 Å². The monoisotopic (exact) mass is 401 g/mol. The SMILES string of the molecule is C=C[C@@H](CC(=O)Nc1ccc([N+](=O)[O-])cc1[N+](=O)[O-])[C@H](C)Sc1ccccc1. The molecule has 2 rings (SSSR count). The number of nitro groups is 2. The summed E-state index contributed by atoms with van der Waals surface area (Å²) in [6.07, 6.45) is 1.77. The van der Waals surface area contributed by atoms with E-state index in [4.69, 9.17) is 0 Å². The molecule has 0 spiro atoms. The van der Waals surface area contributed by atoms with Crippen molar-refractivity contribution in [3.8, 4) is 0 Å². The van der Waals surface area contributed by atoms with Crippen LogP contribution < -0.4 is 5.32 Å².